The molecule has 4 rings (SSSR count). The van der Waals surface area contributed by atoms with Crippen LogP contribution in [0, 0.1) is 0 Å². The molecule has 1 N–H and O–H groups in total. The normalized spacial score (nSPS) is 12.5. The first-order valence-electron chi connectivity index (χ1n) is 9.63. The van der Waals surface area contributed by atoms with Crippen molar-refractivity contribution in [3.05, 3.63) is 77.5 Å². The molecule has 0 radical (unpaired) electrons. The summed E-state index contributed by atoms with van der Waals surface area (Å²) in [4.78, 5) is 12.8. The van der Waals surface area contributed by atoms with Crippen molar-refractivity contribution in [1.29, 1.82) is 0 Å². The van der Waals surface area contributed by atoms with Gasteiger partial charge in [0, 0.05) is 5.69 Å². The molecule has 0 aliphatic carbocycles. The molecule has 0 bridgehead atoms. The number of hydrogen-bond acceptors (Lipinski definition) is 5. The van der Waals surface area contributed by atoms with Crippen LogP contribution in [0.15, 0.2) is 76.5 Å². The lowest BCUT2D eigenvalue weighted by Crippen LogP contribution is -2.23. The Morgan fingerprint density at radius 3 is 2.55 bits per heavy atom. The number of aromatic nitrogens is 3. The lowest BCUT2D eigenvalue weighted by molar-refractivity contribution is -0.137. The van der Waals surface area contributed by atoms with E-state index in [9.17, 15) is 18.0 Å². The lowest BCUT2D eigenvalue weighted by atomic mass is 10.2. The highest BCUT2D eigenvalue weighted by molar-refractivity contribution is 8.00. The highest BCUT2D eigenvalue weighted by Crippen LogP contribution is 2.35. The molecule has 170 valence electrons. The smallest absolute Gasteiger partial charge is 0.416 e. The van der Waals surface area contributed by atoms with Crippen LogP contribution in [-0.4, -0.2) is 25.9 Å². The number of thioether (sulfide) groups is 1. The Morgan fingerprint density at radius 2 is 1.88 bits per heavy atom. The molecule has 2 aromatic carbocycles. The molecule has 2 heterocycles. The Hall–Kier alpha value is -3.24. The molecular formula is C22H16ClF3N4O2S. The highest BCUT2D eigenvalue weighted by atomic mass is 35.5. The molecule has 2 aromatic heterocycles. The molecule has 0 unspecified atom stereocenters. The first kappa shape index (κ1) is 22.9. The molecule has 0 aliphatic rings. The van der Waals surface area contributed by atoms with Gasteiger partial charge in [-0.05, 0) is 49.4 Å². The number of rotatable bonds is 6. The van der Waals surface area contributed by atoms with Crippen LogP contribution in [0.3, 0.4) is 0 Å². The van der Waals surface area contributed by atoms with Gasteiger partial charge < -0.3 is 9.73 Å². The van der Waals surface area contributed by atoms with Gasteiger partial charge in [-0.1, -0.05) is 41.6 Å². The van der Waals surface area contributed by atoms with Gasteiger partial charge in [0.25, 0.3) is 0 Å². The summed E-state index contributed by atoms with van der Waals surface area (Å²) in [6.45, 7) is 1.61. The van der Waals surface area contributed by atoms with Crippen molar-refractivity contribution < 1.29 is 22.4 Å². The summed E-state index contributed by atoms with van der Waals surface area (Å²) >= 11 is 7.09. The van der Waals surface area contributed by atoms with Gasteiger partial charge in [0.05, 0.1) is 27.8 Å². The predicted octanol–water partition coefficient (Wildman–Crippen LogP) is 6.32. The summed E-state index contributed by atoms with van der Waals surface area (Å²) in [6, 6.07) is 15.5. The van der Waals surface area contributed by atoms with Crippen LogP contribution in [-0.2, 0) is 11.0 Å². The van der Waals surface area contributed by atoms with Crippen LogP contribution >= 0.6 is 23.4 Å². The zero-order chi connectivity index (χ0) is 23.6. The minimum atomic E-state index is -4.56. The van der Waals surface area contributed by atoms with Crippen molar-refractivity contribution in [1.82, 2.24) is 14.8 Å². The average Bonchev–Trinajstić information content (AvgIpc) is 3.45. The second-order valence-electron chi connectivity index (χ2n) is 6.90. The summed E-state index contributed by atoms with van der Waals surface area (Å²) in [5, 5.41) is 10.6. The summed E-state index contributed by atoms with van der Waals surface area (Å²) in [6.07, 6.45) is -3.04. The van der Waals surface area contributed by atoms with Crippen molar-refractivity contribution in [2.24, 2.45) is 0 Å². The standard InChI is InChI=1S/C22H16ClF3N4O2S/c1-13(20(31)27-17-12-14(22(24,25)26)9-10-16(17)23)33-21-29-28-19(18-8-5-11-32-18)30(21)15-6-3-2-4-7-15/h2-13H,1H3,(H,27,31)/t13-/m1/s1. The summed E-state index contributed by atoms with van der Waals surface area (Å²) in [7, 11) is 0. The van der Waals surface area contributed by atoms with E-state index in [-0.39, 0.29) is 10.7 Å². The van der Waals surface area contributed by atoms with Crippen molar-refractivity contribution in [3.63, 3.8) is 0 Å². The molecule has 1 amide bonds. The van der Waals surface area contributed by atoms with Crippen LogP contribution in [0.4, 0.5) is 18.9 Å². The maximum absolute atomic E-state index is 13.0. The second kappa shape index (κ2) is 9.32. The van der Waals surface area contributed by atoms with Gasteiger partial charge in [0.15, 0.2) is 10.9 Å². The van der Waals surface area contributed by atoms with E-state index < -0.39 is 22.9 Å². The van der Waals surface area contributed by atoms with E-state index in [1.807, 2.05) is 30.3 Å². The molecule has 0 spiro atoms. The highest BCUT2D eigenvalue weighted by Gasteiger charge is 2.31. The van der Waals surface area contributed by atoms with Crippen molar-refractivity contribution in [3.8, 4) is 17.3 Å². The zero-order valence-electron chi connectivity index (χ0n) is 17.0. The van der Waals surface area contributed by atoms with Gasteiger partial charge in [-0.15, -0.1) is 10.2 Å². The number of alkyl halides is 3. The number of halogens is 4. The van der Waals surface area contributed by atoms with E-state index in [2.05, 4.69) is 15.5 Å². The van der Waals surface area contributed by atoms with Gasteiger partial charge in [-0.3, -0.25) is 9.36 Å². The van der Waals surface area contributed by atoms with E-state index in [1.54, 1.807) is 23.6 Å². The molecule has 4 aromatic rings. The summed E-state index contributed by atoms with van der Waals surface area (Å²) in [5.41, 5.74) is -0.274. The minimum Gasteiger partial charge on any atom is -0.461 e. The number of furan rings is 1. The molecule has 1 atom stereocenters. The second-order valence-corrected chi connectivity index (χ2v) is 8.61. The zero-order valence-corrected chi connectivity index (χ0v) is 18.6. The molecule has 11 heteroatoms. The van der Waals surface area contributed by atoms with Gasteiger partial charge in [-0.25, -0.2) is 0 Å². The summed E-state index contributed by atoms with van der Waals surface area (Å²) < 4.78 is 46.3. The van der Waals surface area contributed by atoms with Gasteiger partial charge in [0.1, 0.15) is 0 Å². The van der Waals surface area contributed by atoms with Gasteiger partial charge in [-0.2, -0.15) is 13.2 Å². The molecular weight excluding hydrogens is 477 g/mol. The largest absolute Gasteiger partial charge is 0.461 e. The maximum Gasteiger partial charge on any atom is 0.416 e. The van der Waals surface area contributed by atoms with E-state index in [4.69, 9.17) is 16.0 Å². The number of amides is 1. The minimum absolute atomic E-state index is 0.00103. The van der Waals surface area contributed by atoms with Crippen LogP contribution in [0.25, 0.3) is 17.3 Å². The maximum atomic E-state index is 13.0. The average molecular weight is 493 g/mol. The topological polar surface area (TPSA) is 73.0 Å². The number of nitrogens with zero attached hydrogens (tertiary/aromatic N) is 3. The quantitative estimate of drug-likeness (QED) is 0.319. The van der Waals surface area contributed by atoms with E-state index in [0.717, 1.165) is 35.6 Å². The monoisotopic (exact) mass is 492 g/mol. The third-order valence-corrected chi connectivity index (χ3v) is 5.96. The number of para-hydroxylation sites is 1. The van der Waals surface area contributed by atoms with E-state index in [0.29, 0.717) is 16.7 Å². The first-order chi connectivity index (χ1) is 15.7. The Kier molecular flexibility index (Phi) is 6.48. The fourth-order valence-corrected chi connectivity index (χ4v) is 4.00. The number of carbonyl (C=O) groups is 1. The fraction of sp³-hybridized carbons (Fsp3) is 0.136. The first-order valence-corrected chi connectivity index (χ1v) is 10.9. The SMILES string of the molecule is C[C@@H](Sc1nnc(-c2ccco2)n1-c1ccccc1)C(=O)Nc1cc(C(F)(F)F)ccc1Cl. The number of anilines is 1. The third-order valence-electron chi connectivity index (χ3n) is 4.59. The molecule has 6 nitrogen and oxygen atoms in total. The predicted molar refractivity (Wildman–Crippen MR) is 119 cm³/mol. The Morgan fingerprint density at radius 1 is 1.12 bits per heavy atom. The van der Waals surface area contributed by atoms with Crippen LogP contribution in [0.1, 0.15) is 12.5 Å². The number of carbonyl (C=O) groups excluding carboxylic acids is 1. The number of nitrogens with one attached hydrogen (secondary N) is 1. The Bertz CT molecular complexity index is 1260. The Labute approximate surface area is 195 Å². The summed E-state index contributed by atoms with van der Waals surface area (Å²) in [5.74, 6) is 0.400. The molecule has 0 saturated heterocycles. The Balaban J connectivity index is 1.59. The van der Waals surface area contributed by atoms with Gasteiger partial charge >= 0.3 is 6.18 Å². The number of hydrogen-bond donors (Lipinski definition) is 1. The van der Waals surface area contributed by atoms with E-state index in [1.165, 1.54) is 6.26 Å². The lowest BCUT2D eigenvalue weighted by Gasteiger charge is -2.15. The van der Waals surface area contributed by atoms with Crippen LogP contribution in [0.5, 0.6) is 0 Å². The van der Waals surface area contributed by atoms with Gasteiger partial charge in [0.2, 0.25) is 11.7 Å². The van der Waals surface area contributed by atoms with E-state index >= 15 is 0 Å². The van der Waals surface area contributed by atoms with Crippen LogP contribution < -0.4 is 5.32 Å². The molecule has 0 aliphatic heterocycles. The van der Waals surface area contributed by atoms with Crippen molar-refractivity contribution in [2.45, 2.75) is 23.5 Å². The van der Waals surface area contributed by atoms with Crippen LogP contribution in [0.2, 0.25) is 5.02 Å². The van der Waals surface area contributed by atoms with Crippen molar-refractivity contribution in [2.75, 3.05) is 5.32 Å². The fourth-order valence-electron chi connectivity index (χ4n) is 2.96. The molecule has 33 heavy (non-hydrogen) atoms. The molecule has 0 fully saturated rings. The third kappa shape index (κ3) is 5.07. The number of benzene rings is 2. The molecule has 0 saturated carbocycles. The van der Waals surface area contributed by atoms with Crippen molar-refractivity contribution >= 4 is 35.0 Å².